The predicted octanol–water partition coefficient (Wildman–Crippen LogP) is 4.64. The summed E-state index contributed by atoms with van der Waals surface area (Å²) < 4.78 is 0. The third-order valence-corrected chi connectivity index (χ3v) is 5.14. The molecule has 1 atom stereocenters. The van der Waals surface area contributed by atoms with Crippen LogP contribution in [0.4, 0.5) is 5.69 Å². The topological polar surface area (TPSA) is 49.6 Å². The molecule has 0 saturated heterocycles. The van der Waals surface area contributed by atoms with Crippen molar-refractivity contribution in [2.24, 2.45) is 9.98 Å². The molecule has 1 unspecified atom stereocenters. The van der Waals surface area contributed by atoms with Crippen molar-refractivity contribution < 1.29 is 0 Å². The van der Waals surface area contributed by atoms with Gasteiger partial charge >= 0.3 is 0 Å². The number of rotatable bonds is 2. The first-order valence-electron chi connectivity index (χ1n) is 7.84. The van der Waals surface area contributed by atoms with E-state index in [9.17, 15) is 0 Å². The SMILES string of the molecule is CNC1=Nc2ccc(Cl)cc2C(c2cccnc2)=NC1c1cccs1. The Bertz CT molecular complexity index is 949. The molecule has 3 aromatic rings. The summed E-state index contributed by atoms with van der Waals surface area (Å²) in [6.07, 6.45) is 3.57. The lowest BCUT2D eigenvalue weighted by atomic mass is 10.0. The van der Waals surface area contributed by atoms with Crippen LogP contribution in [0.1, 0.15) is 22.0 Å². The molecule has 0 aliphatic carbocycles. The molecule has 4 rings (SSSR count). The van der Waals surface area contributed by atoms with Crippen LogP contribution in [0.3, 0.4) is 0 Å². The molecule has 25 heavy (non-hydrogen) atoms. The van der Waals surface area contributed by atoms with Gasteiger partial charge in [0.1, 0.15) is 11.9 Å². The molecule has 0 fully saturated rings. The van der Waals surface area contributed by atoms with Crippen LogP contribution >= 0.6 is 22.9 Å². The molecule has 6 heteroatoms. The summed E-state index contributed by atoms with van der Waals surface area (Å²) in [6, 6.07) is 13.5. The number of benzene rings is 1. The van der Waals surface area contributed by atoms with Crippen LogP contribution in [0.5, 0.6) is 0 Å². The van der Waals surface area contributed by atoms with E-state index in [4.69, 9.17) is 21.6 Å². The van der Waals surface area contributed by atoms with E-state index in [2.05, 4.69) is 21.7 Å². The van der Waals surface area contributed by atoms with Crippen molar-refractivity contribution in [2.75, 3.05) is 7.05 Å². The first kappa shape index (κ1) is 16.0. The molecule has 124 valence electrons. The van der Waals surface area contributed by atoms with Crippen LogP contribution in [0.25, 0.3) is 0 Å². The summed E-state index contributed by atoms with van der Waals surface area (Å²) in [4.78, 5) is 15.3. The van der Waals surface area contributed by atoms with Gasteiger partial charge in [-0.3, -0.25) is 9.98 Å². The molecular formula is C19H15ClN4S. The summed E-state index contributed by atoms with van der Waals surface area (Å²) in [7, 11) is 1.87. The second-order valence-corrected chi connectivity index (χ2v) is 6.96. The highest BCUT2D eigenvalue weighted by Crippen LogP contribution is 2.34. The predicted molar refractivity (Wildman–Crippen MR) is 105 cm³/mol. The fourth-order valence-corrected chi connectivity index (χ4v) is 3.75. The van der Waals surface area contributed by atoms with Crippen LogP contribution in [-0.4, -0.2) is 23.6 Å². The zero-order chi connectivity index (χ0) is 17.2. The molecular weight excluding hydrogens is 352 g/mol. The molecule has 1 aliphatic heterocycles. The number of hydrogen-bond acceptors (Lipinski definition) is 5. The van der Waals surface area contributed by atoms with Crippen LogP contribution < -0.4 is 5.32 Å². The monoisotopic (exact) mass is 366 g/mol. The highest BCUT2D eigenvalue weighted by molar-refractivity contribution is 7.10. The van der Waals surface area contributed by atoms with Gasteiger partial charge in [0.05, 0.1) is 11.4 Å². The Morgan fingerprint density at radius 1 is 1.16 bits per heavy atom. The van der Waals surface area contributed by atoms with Gasteiger partial charge in [-0.1, -0.05) is 17.7 Å². The lowest BCUT2D eigenvalue weighted by molar-refractivity contribution is 0.928. The van der Waals surface area contributed by atoms with Crippen molar-refractivity contribution in [1.82, 2.24) is 10.3 Å². The van der Waals surface area contributed by atoms with Crippen molar-refractivity contribution in [3.63, 3.8) is 0 Å². The number of aromatic nitrogens is 1. The molecule has 2 aromatic heterocycles. The maximum absolute atomic E-state index is 6.26. The van der Waals surface area contributed by atoms with Gasteiger partial charge in [0, 0.05) is 40.5 Å². The van der Waals surface area contributed by atoms with Gasteiger partial charge in [-0.2, -0.15) is 0 Å². The summed E-state index contributed by atoms with van der Waals surface area (Å²) >= 11 is 7.92. The Hall–Kier alpha value is -2.50. The number of amidine groups is 1. The maximum Gasteiger partial charge on any atom is 0.142 e. The first-order valence-corrected chi connectivity index (χ1v) is 9.10. The molecule has 0 amide bonds. The number of aliphatic imine (C=N–C) groups is 2. The number of fused-ring (bicyclic) bond motifs is 1. The molecule has 1 aliphatic rings. The maximum atomic E-state index is 6.26. The van der Waals surface area contributed by atoms with E-state index in [0.717, 1.165) is 33.2 Å². The quantitative estimate of drug-likeness (QED) is 0.718. The minimum atomic E-state index is -0.189. The zero-order valence-electron chi connectivity index (χ0n) is 13.5. The minimum absolute atomic E-state index is 0.189. The Kier molecular flexibility index (Phi) is 4.34. The summed E-state index contributed by atoms with van der Waals surface area (Å²) in [6.45, 7) is 0. The van der Waals surface area contributed by atoms with Gasteiger partial charge in [-0.25, -0.2) is 4.99 Å². The standard InChI is InChI=1S/C19H15ClN4S/c1-21-19-18(16-5-3-9-25-16)24-17(12-4-2-8-22-11-12)14-10-13(20)6-7-15(14)23-19/h2-11,18H,1H3,(H,21,23). The Labute approximate surface area is 155 Å². The van der Waals surface area contributed by atoms with Crippen LogP contribution in [0.2, 0.25) is 5.02 Å². The second kappa shape index (κ2) is 6.78. The van der Waals surface area contributed by atoms with Gasteiger partial charge in [-0.15, -0.1) is 11.3 Å². The van der Waals surface area contributed by atoms with Crippen molar-refractivity contribution in [3.8, 4) is 0 Å². The number of likely N-dealkylation sites (N-methyl/N-ethyl adjacent to an activating group) is 1. The van der Waals surface area contributed by atoms with Crippen LogP contribution in [0.15, 0.2) is 70.2 Å². The highest BCUT2D eigenvalue weighted by Gasteiger charge is 2.25. The van der Waals surface area contributed by atoms with Crippen molar-refractivity contribution in [2.45, 2.75) is 6.04 Å². The molecule has 1 N–H and O–H groups in total. The van der Waals surface area contributed by atoms with E-state index in [0.29, 0.717) is 5.02 Å². The molecule has 0 saturated carbocycles. The lowest BCUT2D eigenvalue weighted by Gasteiger charge is -2.13. The molecule has 0 bridgehead atoms. The number of pyridine rings is 1. The molecule has 3 heterocycles. The van der Waals surface area contributed by atoms with E-state index in [-0.39, 0.29) is 6.04 Å². The minimum Gasteiger partial charge on any atom is -0.374 e. The normalized spacial score (nSPS) is 16.5. The number of hydrogen-bond donors (Lipinski definition) is 1. The Morgan fingerprint density at radius 3 is 2.80 bits per heavy atom. The fraction of sp³-hybridized carbons (Fsp3) is 0.105. The fourth-order valence-electron chi connectivity index (χ4n) is 2.82. The summed E-state index contributed by atoms with van der Waals surface area (Å²) in [5.41, 5.74) is 3.54. The van der Waals surface area contributed by atoms with E-state index in [1.807, 2.05) is 49.6 Å². The Balaban J connectivity index is 1.98. The smallest absolute Gasteiger partial charge is 0.142 e. The number of thiophene rings is 1. The second-order valence-electron chi connectivity index (χ2n) is 5.55. The van der Waals surface area contributed by atoms with E-state index < -0.39 is 0 Å². The van der Waals surface area contributed by atoms with E-state index in [1.54, 1.807) is 17.5 Å². The summed E-state index contributed by atoms with van der Waals surface area (Å²) in [5, 5.41) is 5.92. The van der Waals surface area contributed by atoms with Crippen molar-refractivity contribution >= 4 is 40.2 Å². The van der Waals surface area contributed by atoms with Crippen LogP contribution in [-0.2, 0) is 0 Å². The molecule has 0 spiro atoms. The number of nitrogens with zero attached hydrogens (tertiary/aromatic N) is 3. The van der Waals surface area contributed by atoms with Gasteiger partial charge < -0.3 is 5.32 Å². The van der Waals surface area contributed by atoms with Gasteiger partial charge in [0.2, 0.25) is 0 Å². The van der Waals surface area contributed by atoms with E-state index >= 15 is 0 Å². The zero-order valence-corrected chi connectivity index (χ0v) is 15.1. The summed E-state index contributed by atoms with van der Waals surface area (Å²) in [5.74, 6) is 0.810. The third-order valence-electron chi connectivity index (χ3n) is 3.98. The highest BCUT2D eigenvalue weighted by atomic mass is 35.5. The molecule has 1 aromatic carbocycles. The molecule has 0 radical (unpaired) electrons. The molecule has 4 nitrogen and oxygen atoms in total. The third kappa shape index (κ3) is 3.08. The lowest BCUT2D eigenvalue weighted by Crippen LogP contribution is -2.24. The Morgan fingerprint density at radius 2 is 2.08 bits per heavy atom. The largest absolute Gasteiger partial charge is 0.374 e. The average molecular weight is 367 g/mol. The number of nitrogens with one attached hydrogen (secondary N) is 1. The van der Waals surface area contributed by atoms with Crippen LogP contribution in [0, 0.1) is 0 Å². The van der Waals surface area contributed by atoms with Gasteiger partial charge in [-0.05, 0) is 41.8 Å². The van der Waals surface area contributed by atoms with Crippen molar-refractivity contribution in [3.05, 3.63) is 81.3 Å². The van der Waals surface area contributed by atoms with Gasteiger partial charge in [0.15, 0.2) is 0 Å². The number of halogens is 1. The van der Waals surface area contributed by atoms with Gasteiger partial charge in [0.25, 0.3) is 0 Å². The first-order chi connectivity index (χ1) is 12.3. The van der Waals surface area contributed by atoms with E-state index in [1.165, 1.54) is 0 Å². The van der Waals surface area contributed by atoms with Crippen molar-refractivity contribution in [1.29, 1.82) is 0 Å². The average Bonchev–Trinajstić information content (AvgIpc) is 3.12.